The number of H-pyrrole nitrogens is 1. The minimum Gasteiger partial charge on any atom is -0.379 e. The second kappa shape index (κ2) is 4.00. The Hall–Kier alpha value is -1.77. The number of aromatic nitrogens is 2. The highest BCUT2D eigenvalue weighted by atomic mass is 15.1. The lowest BCUT2D eigenvalue weighted by atomic mass is 10.2. The van der Waals surface area contributed by atoms with Gasteiger partial charge in [-0.15, -0.1) is 0 Å². The zero-order valence-electron chi connectivity index (χ0n) is 9.11. The summed E-state index contributed by atoms with van der Waals surface area (Å²) in [6, 6.07) is 12.4. The minimum absolute atomic E-state index is 0.724. The summed E-state index contributed by atoms with van der Waals surface area (Å²) in [7, 11) is 0. The van der Waals surface area contributed by atoms with E-state index >= 15 is 0 Å². The highest BCUT2D eigenvalue weighted by Gasteiger charge is 2.25. The van der Waals surface area contributed by atoms with Gasteiger partial charge in [0.15, 0.2) is 0 Å². The van der Waals surface area contributed by atoms with Gasteiger partial charge in [0.2, 0.25) is 0 Å². The Morgan fingerprint density at radius 1 is 1.25 bits per heavy atom. The number of anilines is 1. The maximum absolute atomic E-state index is 4.33. The van der Waals surface area contributed by atoms with Crippen molar-refractivity contribution in [2.75, 3.05) is 5.32 Å². The molecule has 1 aromatic carbocycles. The third kappa shape index (κ3) is 2.08. The van der Waals surface area contributed by atoms with Crippen molar-refractivity contribution in [3.63, 3.8) is 0 Å². The summed E-state index contributed by atoms with van der Waals surface area (Å²) < 4.78 is 0. The third-order valence-electron chi connectivity index (χ3n) is 2.90. The second-order valence-corrected chi connectivity index (χ2v) is 4.31. The lowest BCUT2D eigenvalue weighted by Gasteiger charge is -2.03. The fourth-order valence-electron chi connectivity index (χ4n) is 1.81. The lowest BCUT2D eigenvalue weighted by Crippen LogP contribution is -1.99. The Bertz CT molecular complexity index is 457. The molecule has 3 heteroatoms. The number of nitrogens with one attached hydrogen (secondary N) is 2. The number of hydrogen-bond acceptors (Lipinski definition) is 2. The van der Waals surface area contributed by atoms with E-state index in [1.54, 1.807) is 0 Å². The van der Waals surface area contributed by atoms with E-state index in [1.807, 2.05) is 18.2 Å². The number of para-hydroxylation sites is 1. The molecule has 0 bridgehead atoms. The molecule has 0 aliphatic heterocycles. The van der Waals surface area contributed by atoms with Gasteiger partial charge in [0.05, 0.1) is 17.9 Å². The van der Waals surface area contributed by atoms with Gasteiger partial charge in [-0.1, -0.05) is 18.2 Å². The first-order chi connectivity index (χ1) is 7.92. The summed E-state index contributed by atoms with van der Waals surface area (Å²) >= 11 is 0. The highest BCUT2D eigenvalue weighted by Crippen LogP contribution is 2.38. The molecule has 16 heavy (non-hydrogen) atoms. The molecule has 0 spiro atoms. The van der Waals surface area contributed by atoms with E-state index in [4.69, 9.17) is 0 Å². The number of benzene rings is 1. The smallest absolute Gasteiger partial charge is 0.0656 e. The SMILES string of the molecule is c1ccc(NCc2cc(C3CC3)n[nH]2)cc1. The van der Waals surface area contributed by atoms with E-state index in [0.717, 1.165) is 23.8 Å². The summed E-state index contributed by atoms with van der Waals surface area (Å²) in [6.45, 7) is 0.809. The standard InChI is InChI=1S/C13H15N3/c1-2-4-11(5-3-1)14-9-12-8-13(16-15-12)10-6-7-10/h1-5,8,10,14H,6-7,9H2,(H,15,16). The Morgan fingerprint density at radius 2 is 2.06 bits per heavy atom. The summed E-state index contributed by atoms with van der Waals surface area (Å²) in [5, 5.41) is 10.8. The van der Waals surface area contributed by atoms with Crippen LogP contribution in [0, 0.1) is 0 Å². The molecule has 2 aromatic rings. The van der Waals surface area contributed by atoms with Gasteiger partial charge in [-0.3, -0.25) is 5.10 Å². The highest BCUT2D eigenvalue weighted by molar-refractivity contribution is 5.42. The average molecular weight is 213 g/mol. The van der Waals surface area contributed by atoms with E-state index in [-0.39, 0.29) is 0 Å². The fraction of sp³-hybridized carbons (Fsp3) is 0.308. The molecule has 3 nitrogen and oxygen atoms in total. The molecule has 82 valence electrons. The second-order valence-electron chi connectivity index (χ2n) is 4.31. The molecule has 0 amide bonds. The quantitative estimate of drug-likeness (QED) is 0.819. The number of hydrogen-bond donors (Lipinski definition) is 2. The first kappa shape index (κ1) is 9.46. The number of aromatic amines is 1. The van der Waals surface area contributed by atoms with Crippen LogP contribution in [0.1, 0.15) is 30.1 Å². The van der Waals surface area contributed by atoms with Crippen LogP contribution in [0.2, 0.25) is 0 Å². The third-order valence-corrected chi connectivity index (χ3v) is 2.90. The van der Waals surface area contributed by atoms with Gasteiger partial charge < -0.3 is 5.32 Å². The van der Waals surface area contributed by atoms with Crippen LogP contribution < -0.4 is 5.32 Å². The molecule has 0 unspecified atom stereocenters. The van der Waals surface area contributed by atoms with Gasteiger partial charge in [-0.05, 0) is 31.0 Å². The van der Waals surface area contributed by atoms with Crippen LogP contribution in [0.15, 0.2) is 36.4 Å². The zero-order valence-corrected chi connectivity index (χ0v) is 9.11. The Labute approximate surface area is 94.9 Å². The molecule has 0 radical (unpaired) electrons. The van der Waals surface area contributed by atoms with E-state index in [0.29, 0.717) is 0 Å². The number of rotatable bonds is 4. The van der Waals surface area contributed by atoms with Gasteiger partial charge in [0.25, 0.3) is 0 Å². The molecule has 2 N–H and O–H groups in total. The number of nitrogens with zero attached hydrogens (tertiary/aromatic N) is 1. The molecule has 1 fully saturated rings. The molecule has 0 atom stereocenters. The summed E-state index contributed by atoms with van der Waals surface area (Å²) in [4.78, 5) is 0. The lowest BCUT2D eigenvalue weighted by molar-refractivity contribution is 0.934. The summed E-state index contributed by atoms with van der Waals surface area (Å²) in [5.74, 6) is 0.724. The van der Waals surface area contributed by atoms with Crippen LogP contribution in [0.5, 0.6) is 0 Å². The first-order valence-corrected chi connectivity index (χ1v) is 5.75. The van der Waals surface area contributed by atoms with Crippen LogP contribution in [-0.2, 0) is 6.54 Å². The maximum Gasteiger partial charge on any atom is 0.0656 e. The van der Waals surface area contributed by atoms with Crippen molar-refractivity contribution >= 4 is 5.69 Å². The van der Waals surface area contributed by atoms with Crippen molar-refractivity contribution < 1.29 is 0 Å². The van der Waals surface area contributed by atoms with E-state index < -0.39 is 0 Å². The normalized spacial score (nSPS) is 15.0. The van der Waals surface area contributed by atoms with E-state index in [9.17, 15) is 0 Å². The molecule has 1 saturated carbocycles. The maximum atomic E-state index is 4.33. The topological polar surface area (TPSA) is 40.7 Å². The van der Waals surface area contributed by atoms with Crippen molar-refractivity contribution in [3.05, 3.63) is 47.8 Å². The van der Waals surface area contributed by atoms with Crippen LogP contribution in [-0.4, -0.2) is 10.2 Å². The molecular formula is C13H15N3. The molecule has 1 aliphatic rings. The van der Waals surface area contributed by atoms with Crippen molar-refractivity contribution in [2.45, 2.75) is 25.3 Å². The molecule has 3 rings (SSSR count). The van der Waals surface area contributed by atoms with Gasteiger partial charge in [-0.2, -0.15) is 5.10 Å². The summed E-state index contributed by atoms with van der Waals surface area (Å²) in [6.07, 6.45) is 2.60. The Kier molecular flexibility index (Phi) is 2.37. The van der Waals surface area contributed by atoms with Crippen LogP contribution >= 0.6 is 0 Å². The van der Waals surface area contributed by atoms with Gasteiger partial charge in [0.1, 0.15) is 0 Å². The zero-order chi connectivity index (χ0) is 10.8. The van der Waals surface area contributed by atoms with Gasteiger partial charge in [0, 0.05) is 11.6 Å². The first-order valence-electron chi connectivity index (χ1n) is 5.75. The van der Waals surface area contributed by atoms with Crippen molar-refractivity contribution in [1.82, 2.24) is 10.2 Å². The fourth-order valence-corrected chi connectivity index (χ4v) is 1.81. The van der Waals surface area contributed by atoms with Gasteiger partial charge in [-0.25, -0.2) is 0 Å². The van der Waals surface area contributed by atoms with Crippen molar-refractivity contribution in [1.29, 1.82) is 0 Å². The van der Waals surface area contributed by atoms with Crippen molar-refractivity contribution in [2.24, 2.45) is 0 Å². The molecule has 1 heterocycles. The monoisotopic (exact) mass is 213 g/mol. The Morgan fingerprint density at radius 3 is 2.81 bits per heavy atom. The van der Waals surface area contributed by atoms with Gasteiger partial charge >= 0.3 is 0 Å². The molecule has 0 saturated heterocycles. The van der Waals surface area contributed by atoms with Crippen LogP contribution in [0.3, 0.4) is 0 Å². The minimum atomic E-state index is 0.724. The van der Waals surface area contributed by atoms with Crippen LogP contribution in [0.4, 0.5) is 5.69 Å². The molecule has 1 aliphatic carbocycles. The Balaban J connectivity index is 1.61. The van der Waals surface area contributed by atoms with E-state index in [1.165, 1.54) is 18.5 Å². The van der Waals surface area contributed by atoms with Crippen LogP contribution in [0.25, 0.3) is 0 Å². The average Bonchev–Trinajstić information content (AvgIpc) is 3.08. The predicted molar refractivity (Wildman–Crippen MR) is 64.3 cm³/mol. The van der Waals surface area contributed by atoms with Crippen molar-refractivity contribution in [3.8, 4) is 0 Å². The predicted octanol–water partition coefficient (Wildman–Crippen LogP) is 2.90. The van der Waals surface area contributed by atoms with E-state index in [2.05, 4.69) is 33.7 Å². The molecule has 1 aromatic heterocycles. The molecular weight excluding hydrogens is 198 g/mol. The largest absolute Gasteiger partial charge is 0.379 e. The summed E-state index contributed by atoms with van der Waals surface area (Å²) in [5.41, 5.74) is 3.53.